The van der Waals surface area contributed by atoms with Gasteiger partial charge in [-0.3, -0.25) is 0 Å². The maximum absolute atomic E-state index is 3.66. The van der Waals surface area contributed by atoms with Gasteiger partial charge in [-0.25, -0.2) is 0 Å². The fraction of sp³-hybridized carbons (Fsp3) is 0.333. The van der Waals surface area contributed by atoms with Gasteiger partial charge in [-0.15, -0.1) is 6.58 Å². The standard InChI is InChI=1S/C3H8B3N3/c1-3-6-8-4-7-5-9(6)2/h3,7-8H,1H2,2H3. The number of nitrogens with zero attached hydrogens (tertiary/aromatic N) is 1. The largest absolute Gasteiger partial charge is 0.379 e. The third-order valence-corrected chi connectivity index (χ3v) is 1.28. The highest BCUT2D eigenvalue weighted by atomic mass is 15.1. The van der Waals surface area contributed by atoms with Crippen molar-refractivity contribution in [3.8, 4) is 0 Å². The molecule has 44 valence electrons. The summed E-state index contributed by atoms with van der Waals surface area (Å²) < 4.78 is 1.99. The first kappa shape index (κ1) is 6.93. The van der Waals surface area contributed by atoms with Crippen LogP contribution in [0.15, 0.2) is 12.6 Å². The molecular weight excluding hydrogens is 110 g/mol. The van der Waals surface area contributed by atoms with E-state index in [-0.39, 0.29) is 6.98 Å². The van der Waals surface area contributed by atoms with E-state index in [1.807, 2.05) is 25.3 Å². The second kappa shape index (κ2) is 3.10. The van der Waals surface area contributed by atoms with Crippen molar-refractivity contribution >= 4 is 22.1 Å². The van der Waals surface area contributed by atoms with Gasteiger partial charge >= 0.3 is 6.98 Å². The van der Waals surface area contributed by atoms with Crippen LogP contribution in [0.25, 0.3) is 0 Å². The average molecular weight is 119 g/mol. The van der Waals surface area contributed by atoms with Gasteiger partial charge in [0.1, 0.15) is 0 Å². The lowest BCUT2D eigenvalue weighted by atomic mass is 9.63. The van der Waals surface area contributed by atoms with Crippen molar-refractivity contribution in [3.05, 3.63) is 12.6 Å². The third kappa shape index (κ3) is 1.61. The molecule has 1 fully saturated rings. The highest BCUT2D eigenvalue weighted by Crippen LogP contribution is 1.86. The molecule has 0 amide bonds. The van der Waals surface area contributed by atoms with E-state index in [0.29, 0.717) is 0 Å². The Kier molecular flexibility index (Phi) is 2.39. The second-order valence-corrected chi connectivity index (χ2v) is 1.95. The minimum atomic E-state index is 0.228. The molecule has 0 aromatic carbocycles. The Balaban J connectivity index is 2.38. The van der Waals surface area contributed by atoms with Gasteiger partial charge in [0.15, 0.2) is 0 Å². The average Bonchev–Trinajstić information content (AvgIpc) is 1.89. The maximum Gasteiger partial charge on any atom is 0.313 e. The second-order valence-electron chi connectivity index (χ2n) is 1.95. The summed E-state index contributed by atoms with van der Waals surface area (Å²) in [5.41, 5.74) is 0. The van der Waals surface area contributed by atoms with E-state index >= 15 is 0 Å². The zero-order chi connectivity index (χ0) is 6.69. The zero-order valence-corrected chi connectivity index (χ0v) is 5.46. The van der Waals surface area contributed by atoms with Crippen LogP contribution in [0.5, 0.6) is 0 Å². The van der Waals surface area contributed by atoms with E-state index in [9.17, 15) is 0 Å². The fourth-order valence-corrected chi connectivity index (χ4v) is 0.721. The van der Waals surface area contributed by atoms with Crippen LogP contribution in [0.3, 0.4) is 0 Å². The quantitative estimate of drug-likeness (QED) is 0.406. The van der Waals surface area contributed by atoms with Crippen LogP contribution in [-0.4, -0.2) is 33.9 Å². The Morgan fingerprint density at radius 3 is 3.00 bits per heavy atom. The molecule has 0 aromatic rings. The predicted octanol–water partition coefficient (Wildman–Crippen LogP) is -1.61. The Morgan fingerprint density at radius 1 is 1.78 bits per heavy atom. The van der Waals surface area contributed by atoms with E-state index in [1.165, 1.54) is 0 Å². The van der Waals surface area contributed by atoms with E-state index < -0.39 is 0 Å². The van der Waals surface area contributed by atoms with Gasteiger partial charge in [0.05, 0.1) is 0 Å². The van der Waals surface area contributed by atoms with E-state index in [1.54, 1.807) is 7.55 Å². The summed E-state index contributed by atoms with van der Waals surface area (Å²) in [7, 11) is 5.63. The maximum atomic E-state index is 3.66. The van der Waals surface area contributed by atoms with Gasteiger partial charge in [0, 0.05) is 0 Å². The minimum absolute atomic E-state index is 0.228. The van der Waals surface area contributed by atoms with Gasteiger partial charge in [0.25, 0.3) is 15.1 Å². The molecule has 0 spiro atoms. The molecule has 1 heterocycles. The highest BCUT2D eigenvalue weighted by Gasteiger charge is 2.20. The van der Waals surface area contributed by atoms with Crippen LogP contribution < -0.4 is 10.3 Å². The molecule has 9 heavy (non-hydrogen) atoms. The van der Waals surface area contributed by atoms with Crippen LogP contribution in [0, 0.1) is 0 Å². The number of hydrogen-bond acceptors (Lipinski definition) is 3. The van der Waals surface area contributed by atoms with Crippen LogP contribution in [0.2, 0.25) is 0 Å². The smallest absolute Gasteiger partial charge is 0.313 e. The molecule has 3 nitrogen and oxygen atoms in total. The SMILES string of the molecule is C=CB1N[B]N[B]N1C. The normalized spacial score (nSPS) is 20.3. The van der Waals surface area contributed by atoms with Crippen LogP contribution >= 0.6 is 0 Å². The molecule has 0 aromatic heterocycles. The minimum Gasteiger partial charge on any atom is -0.379 e. The number of hydrogen-bond donors (Lipinski definition) is 2. The Labute approximate surface area is 57.6 Å². The molecule has 2 radical (unpaired) electrons. The molecule has 1 saturated heterocycles. The molecule has 0 saturated carbocycles. The van der Waals surface area contributed by atoms with E-state index in [4.69, 9.17) is 0 Å². The third-order valence-electron chi connectivity index (χ3n) is 1.28. The summed E-state index contributed by atoms with van der Waals surface area (Å²) in [6, 6.07) is 0. The molecule has 0 aliphatic carbocycles. The van der Waals surface area contributed by atoms with Crippen molar-refractivity contribution in [3.63, 3.8) is 0 Å². The van der Waals surface area contributed by atoms with Crippen molar-refractivity contribution in [2.45, 2.75) is 0 Å². The van der Waals surface area contributed by atoms with Crippen molar-refractivity contribution in [2.24, 2.45) is 0 Å². The van der Waals surface area contributed by atoms with E-state index in [0.717, 1.165) is 0 Å². The van der Waals surface area contributed by atoms with Gasteiger partial charge in [-0.05, 0) is 7.05 Å². The number of rotatable bonds is 1. The van der Waals surface area contributed by atoms with Crippen molar-refractivity contribution < 1.29 is 0 Å². The van der Waals surface area contributed by atoms with Crippen molar-refractivity contribution in [2.75, 3.05) is 7.05 Å². The topological polar surface area (TPSA) is 27.3 Å². The van der Waals surface area contributed by atoms with Crippen LogP contribution in [-0.2, 0) is 0 Å². The summed E-state index contributed by atoms with van der Waals surface area (Å²) in [6.07, 6.45) is 0. The number of nitrogens with one attached hydrogen (secondary N) is 2. The molecule has 1 aliphatic heterocycles. The van der Waals surface area contributed by atoms with Gasteiger partial charge in [-0.2, -0.15) is 0 Å². The van der Waals surface area contributed by atoms with Crippen LogP contribution in [0.1, 0.15) is 0 Å². The molecule has 6 heteroatoms. The Hall–Kier alpha value is -0.185. The highest BCUT2D eigenvalue weighted by molar-refractivity contribution is 6.77. The van der Waals surface area contributed by atoms with Crippen molar-refractivity contribution in [1.29, 1.82) is 0 Å². The van der Waals surface area contributed by atoms with Crippen molar-refractivity contribution in [1.82, 2.24) is 15.0 Å². The summed E-state index contributed by atoms with van der Waals surface area (Å²) >= 11 is 0. The lowest BCUT2D eigenvalue weighted by Crippen LogP contribution is -2.63. The first-order valence-corrected chi connectivity index (χ1v) is 2.86. The summed E-state index contributed by atoms with van der Waals surface area (Å²) in [5, 5.41) is 5.97. The Bertz CT molecular complexity index is 108. The summed E-state index contributed by atoms with van der Waals surface area (Å²) in [4.78, 5) is 0. The molecule has 0 atom stereocenters. The summed E-state index contributed by atoms with van der Waals surface area (Å²) in [5.74, 6) is 1.84. The summed E-state index contributed by atoms with van der Waals surface area (Å²) in [6.45, 7) is 3.89. The van der Waals surface area contributed by atoms with Crippen LogP contribution in [0.4, 0.5) is 0 Å². The van der Waals surface area contributed by atoms with Gasteiger partial charge in [-0.1, -0.05) is 5.98 Å². The van der Waals surface area contributed by atoms with Gasteiger partial charge < -0.3 is 15.0 Å². The molecule has 0 bridgehead atoms. The first-order valence-electron chi connectivity index (χ1n) is 2.86. The first-order chi connectivity index (χ1) is 4.34. The fourth-order valence-electron chi connectivity index (χ4n) is 0.721. The Morgan fingerprint density at radius 2 is 2.56 bits per heavy atom. The molecule has 1 rings (SSSR count). The molecular formula is C3H8B3N3. The lowest BCUT2D eigenvalue weighted by Gasteiger charge is -2.26. The lowest BCUT2D eigenvalue weighted by molar-refractivity contribution is 0.794. The molecule has 2 N–H and O–H groups in total. The monoisotopic (exact) mass is 119 g/mol. The van der Waals surface area contributed by atoms with Gasteiger partial charge in [0.2, 0.25) is 0 Å². The predicted molar refractivity (Wildman–Crippen MR) is 41.5 cm³/mol. The molecule has 0 unspecified atom stereocenters. The zero-order valence-electron chi connectivity index (χ0n) is 5.46. The van der Waals surface area contributed by atoms with E-state index in [2.05, 4.69) is 16.9 Å². The molecule has 1 aliphatic rings.